The van der Waals surface area contributed by atoms with Gasteiger partial charge in [0.25, 0.3) is 0 Å². The molecule has 27 heavy (non-hydrogen) atoms. The minimum Gasteiger partial charge on any atom is -0.370 e. The Kier molecular flexibility index (Phi) is 8.80. The highest BCUT2D eigenvalue weighted by molar-refractivity contribution is 14.0. The van der Waals surface area contributed by atoms with Gasteiger partial charge in [-0.2, -0.15) is 13.2 Å². The summed E-state index contributed by atoms with van der Waals surface area (Å²) >= 11 is 0. The van der Waals surface area contributed by atoms with E-state index in [0.717, 1.165) is 29.1 Å². The van der Waals surface area contributed by atoms with Gasteiger partial charge < -0.3 is 16.4 Å². The molecule has 2 rings (SSSR count). The van der Waals surface area contributed by atoms with Crippen LogP contribution in [-0.4, -0.2) is 24.0 Å². The van der Waals surface area contributed by atoms with Crippen molar-refractivity contribution in [3.05, 3.63) is 53.2 Å². The molecule has 1 heterocycles. The molecule has 0 aliphatic heterocycles. The third-order valence-electron chi connectivity index (χ3n) is 3.51. The highest BCUT2D eigenvalue weighted by atomic mass is 127. The number of anilines is 2. The molecule has 148 valence electrons. The molecule has 0 saturated carbocycles. The van der Waals surface area contributed by atoms with Crippen molar-refractivity contribution in [2.24, 2.45) is 10.7 Å². The Bertz CT molecular complexity index is 740. The number of hydrogen-bond acceptors (Lipinski definition) is 3. The molecule has 1 aromatic heterocycles. The van der Waals surface area contributed by atoms with Gasteiger partial charge in [0.05, 0.1) is 5.56 Å². The van der Waals surface area contributed by atoms with Gasteiger partial charge in [0.15, 0.2) is 5.96 Å². The Morgan fingerprint density at radius 3 is 2.37 bits per heavy atom. The fourth-order valence-corrected chi connectivity index (χ4v) is 2.40. The maximum absolute atomic E-state index is 12.5. The lowest BCUT2D eigenvalue weighted by molar-refractivity contribution is -0.137. The molecule has 1 aromatic carbocycles. The number of pyridine rings is 1. The smallest absolute Gasteiger partial charge is 0.370 e. The van der Waals surface area contributed by atoms with E-state index in [2.05, 4.69) is 26.7 Å². The summed E-state index contributed by atoms with van der Waals surface area (Å²) in [4.78, 5) is 7.98. The van der Waals surface area contributed by atoms with Crippen molar-refractivity contribution in [1.29, 1.82) is 0 Å². The van der Waals surface area contributed by atoms with Gasteiger partial charge in [0, 0.05) is 25.0 Å². The number of nitrogens with two attached hydrogens (primary N) is 1. The molecule has 0 spiro atoms. The standard InChI is InChI=1S/C18H22F3N5.HI/c1-12-8-13(2)10-15(9-12)26-17(22)24-7-3-6-23-16-5-4-14(11-25-16)18(19,20)21;/h4-5,8-11H,3,6-7H2,1-2H3,(H,23,25)(H3,22,24,26);1H. The van der Waals surface area contributed by atoms with Crippen LogP contribution in [0.4, 0.5) is 24.7 Å². The van der Waals surface area contributed by atoms with E-state index in [1.54, 1.807) is 0 Å². The maximum Gasteiger partial charge on any atom is 0.417 e. The lowest BCUT2D eigenvalue weighted by Gasteiger charge is -2.09. The average molecular weight is 493 g/mol. The lowest BCUT2D eigenvalue weighted by atomic mass is 10.1. The van der Waals surface area contributed by atoms with Crippen LogP contribution < -0.4 is 16.4 Å². The quantitative estimate of drug-likeness (QED) is 0.239. The van der Waals surface area contributed by atoms with Crippen LogP contribution in [0.25, 0.3) is 0 Å². The minimum atomic E-state index is -4.37. The number of rotatable bonds is 6. The molecule has 0 bridgehead atoms. The highest BCUT2D eigenvalue weighted by Crippen LogP contribution is 2.28. The predicted octanol–water partition coefficient (Wildman–Crippen LogP) is 4.56. The second-order valence-electron chi connectivity index (χ2n) is 5.98. The summed E-state index contributed by atoms with van der Waals surface area (Å²) in [6.07, 6.45) is -2.90. The van der Waals surface area contributed by atoms with Gasteiger partial charge >= 0.3 is 6.18 Å². The second kappa shape index (κ2) is 10.3. The van der Waals surface area contributed by atoms with Crippen molar-refractivity contribution in [1.82, 2.24) is 4.98 Å². The molecule has 0 unspecified atom stereocenters. The van der Waals surface area contributed by atoms with E-state index < -0.39 is 11.7 Å². The van der Waals surface area contributed by atoms with Gasteiger partial charge in [-0.1, -0.05) is 6.07 Å². The second-order valence-corrected chi connectivity index (χ2v) is 5.98. The van der Waals surface area contributed by atoms with Crippen LogP contribution in [0.15, 0.2) is 41.5 Å². The van der Waals surface area contributed by atoms with Crippen molar-refractivity contribution in [2.45, 2.75) is 26.4 Å². The van der Waals surface area contributed by atoms with Crippen molar-refractivity contribution in [3.63, 3.8) is 0 Å². The molecular weight excluding hydrogens is 470 g/mol. The molecule has 0 atom stereocenters. The molecule has 0 aliphatic rings. The van der Waals surface area contributed by atoms with Crippen molar-refractivity contribution >= 4 is 41.4 Å². The first kappa shape index (κ1) is 23.0. The van der Waals surface area contributed by atoms with Crippen LogP contribution in [0.3, 0.4) is 0 Å². The topological polar surface area (TPSA) is 75.3 Å². The van der Waals surface area contributed by atoms with E-state index >= 15 is 0 Å². The van der Waals surface area contributed by atoms with E-state index in [9.17, 15) is 13.2 Å². The molecule has 5 nitrogen and oxygen atoms in total. The molecule has 0 fully saturated rings. The number of halogens is 4. The summed E-state index contributed by atoms with van der Waals surface area (Å²) in [5.41, 5.74) is 8.24. The van der Waals surface area contributed by atoms with E-state index in [1.807, 2.05) is 26.0 Å². The molecule has 0 radical (unpaired) electrons. The number of nitrogens with zero attached hydrogens (tertiary/aromatic N) is 2. The largest absolute Gasteiger partial charge is 0.417 e. The summed E-state index contributed by atoms with van der Waals surface area (Å²) in [6, 6.07) is 8.33. The summed E-state index contributed by atoms with van der Waals surface area (Å²) in [6.45, 7) is 5.02. The first-order valence-corrected chi connectivity index (χ1v) is 8.16. The van der Waals surface area contributed by atoms with Crippen LogP contribution in [0.2, 0.25) is 0 Å². The van der Waals surface area contributed by atoms with E-state index in [-0.39, 0.29) is 24.0 Å². The van der Waals surface area contributed by atoms with Crippen molar-refractivity contribution < 1.29 is 13.2 Å². The number of hydrogen-bond donors (Lipinski definition) is 3. The minimum absolute atomic E-state index is 0. The lowest BCUT2D eigenvalue weighted by Crippen LogP contribution is -2.23. The Hall–Kier alpha value is -2.04. The summed E-state index contributed by atoms with van der Waals surface area (Å²) < 4.78 is 37.4. The number of aromatic nitrogens is 1. The van der Waals surface area contributed by atoms with Crippen LogP contribution in [0.5, 0.6) is 0 Å². The van der Waals surface area contributed by atoms with Crippen LogP contribution >= 0.6 is 24.0 Å². The zero-order valence-electron chi connectivity index (χ0n) is 15.1. The highest BCUT2D eigenvalue weighted by Gasteiger charge is 2.30. The van der Waals surface area contributed by atoms with Crippen molar-refractivity contribution in [3.8, 4) is 0 Å². The maximum atomic E-state index is 12.5. The molecule has 0 aliphatic carbocycles. The van der Waals surface area contributed by atoms with E-state index in [4.69, 9.17) is 5.73 Å². The molecule has 2 aromatic rings. The number of nitrogens with one attached hydrogen (secondary N) is 2. The van der Waals surface area contributed by atoms with Gasteiger partial charge in [-0.15, -0.1) is 24.0 Å². The van der Waals surface area contributed by atoms with Gasteiger partial charge in [-0.25, -0.2) is 4.98 Å². The molecule has 4 N–H and O–H groups in total. The molecule has 0 saturated heterocycles. The number of aliphatic imine (C=N–C) groups is 1. The van der Waals surface area contributed by atoms with Gasteiger partial charge in [-0.05, 0) is 55.7 Å². The van der Waals surface area contributed by atoms with Gasteiger partial charge in [0.2, 0.25) is 0 Å². The number of aryl methyl sites for hydroxylation is 2. The monoisotopic (exact) mass is 493 g/mol. The third kappa shape index (κ3) is 8.02. The number of alkyl halides is 3. The Balaban J connectivity index is 0.00000364. The Morgan fingerprint density at radius 2 is 1.81 bits per heavy atom. The van der Waals surface area contributed by atoms with Gasteiger partial charge in [-0.3, -0.25) is 4.99 Å². The molecule has 9 heteroatoms. The fourth-order valence-electron chi connectivity index (χ4n) is 2.40. The first-order valence-electron chi connectivity index (χ1n) is 8.16. The first-order chi connectivity index (χ1) is 12.2. The SMILES string of the molecule is Cc1cc(C)cc(NC(N)=NCCCNc2ccc(C(F)(F)F)cn2)c1.I. The predicted molar refractivity (Wildman–Crippen MR) is 114 cm³/mol. The number of benzene rings is 1. The fraction of sp³-hybridized carbons (Fsp3) is 0.333. The Labute approximate surface area is 173 Å². The zero-order valence-corrected chi connectivity index (χ0v) is 17.4. The average Bonchev–Trinajstić information content (AvgIpc) is 2.53. The number of guanidine groups is 1. The summed E-state index contributed by atoms with van der Waals surface area (Å²) in [5.74, 6) is 0.714. The van der Waals surface area contributed by atoms with Crippen LogP contribution in [-0.2, 0) is 6.18 Å². The Morgan fingerprint density at radius 1 is 1.15 bits per heavy atom. The van der Waals surface area contributed by atoms with Gasteiger partial charge in [0.1, 0.15) is 5.82 Å². The summed E-state index contributed by atoms with van der Waals surface area (Å²) in [7, 11) is 0. The van der Waals surface area contributed by atoms with E-state index in [1.165, 1.54) is 6.07 Å². The van der Waals surface area contributed by atoms with Crippen LogP contribution in [0, 0.1) is 13.8 Å². The van der Waals surface area contributed by atoms with Crippen molar-refractivity contribution in [2.75, 3.05) is 23.7 Å². The normalized spacial score (nSPS) is 11.7. The van der Waals surface area contributed by atoms with Crippen LogP contribution in [0.1, 0.15) is 23.1 Å². The molecular formula is C18H23F3IN5. The third-order valence-corrected chi connectivity index (χ3v) is 3.51. The molecule has 0 amide bonds. The van der Waals surface area contributed by atoms with E-state index in [0.29, 0.717) is 31.3 Å². The zero-order chi connectivity index (χ0) is 19.2. The summed E-state index contributed by atoms with van der Waals surface area (Å²) in [5, 5.41) is 5.99.